The van der Waals surface area contributed by atoms with Gasteiger partial charge >= 0.3 is 0 Å². The maximum Gasteiger partial charge on any atom is 0.00978 e. The Kier molecular flexibility index (Phi) is 5.78. The molecule has 0 aromatic carbocycles. The summed E-state index contributed by atoms with van der Waals surface area (Å²) in [5, 5.41) is 0. The smallest absolute Gasteiger partial charge is 0.00978 e. The van der Waals surface area contributed by atoms with Crippen LogP contribution in [0.4, 0.5) is 0 Å². The lowest BCUT2D eigenvalue weighted by Crippen LogP contribution is -2.23. The molecule has 0 aromatic rings. The maximum absolute atomic E-state index is 5.20. The average molecular weight is 103 g/mol. The monoisotopic (exact) mass is 103 g/mol. The van der Waals surface area contributed by atoms with Crippen molar-refractivity contribution in [3.63, 3.8) is 0 Å². The molecule has 0 fully saturated rings. The predicted octanol–water partition coefficient (Wildman–Crippen LogP) is -0.811. The van der Waals surface area contributed by atoms with E-state index in [0.717, 1.165) is 25.9 Å². The Morgan fingerprint density at radius 1 is 1.29 bits per heavy atom. The van der Waals surface area contributed by atoms with Gasteiger partial charge in [0.15, 0.2) is 0 Å². The zero-order valence-corrected chi connectivity index (χ0v) is 4.48. The van der Waals surface area contributed by atoms with Crippen molar-refractivity contribution < 1.29 is 0 Å². The number of hydrazine groups is 1. The number of nitrogens with one attached hydrogen (secondary N) is 1. The molecule has 0 saturated heterocycles. The van der Waals surface area contributed by atoms with E-state index in [9.17, 15) is 0 Å². The summed E-state index contributed by atoms with van der Waals surface area (Å²) in [6.45, 7) is 1.64. The van der Waals surface area contributed by atoms with E-state index in [1.54, 1.807) is 0 Å². The Morgan fingerprint density at radius 3 is 2.43 bits per heavy atom. The lowest BCUT2D eigenvalue weighted by atomic mass is 10.3. The van der Waals surface area contributed by atoms with Gasteiger partial charge in [0.2, 0.25) is 0 Å². The molecule has 0 bridgehead atoms. The Balaban J connectivity index is 2.45. The van der Waals surface area contributed by atoms with Gasteiger partial charge in [-0.2, -0.15) is 0 Å². The van der Waals surface area contributed by atoms with Gasteiger partial charge in [-0.3, -0.25) is 11.3 Å². The van der Waals surface area contributed by atoms with Gasteiger partial charge in [-0.25, -0.2) is 0 Å². The topological polar surface area (TPSA) is 64.1 Å². The first-order chi connectivity index (χ1) is 3.41. The first-order valence-electron chi connectivity index (χ1n) is 2.55. The van der Waals surface area contributed by atoms with Gasteiger partial charge in [0.25, 0.3) is 0 Å². The van der Waals surface area contributed by atoms with Gasteiger partial charge in [0.05, 0.1) is 0 Å². The van der Waals surface area contributed by atoms with Crippen LogP contribution in [0, 0.1) is 0 Å². The van der Waals surface area contributed by atoms with E-state index in [0.29, 0.717) is 0 Å². The molecule has 3 nitrogen and oxygen atoms in total. The molecule has 44 valence electrons. The molecule has 0 atom stereocenters. The van der Waals surface area contributed by atoms with Crippen LogP contribution in [-0.2, 0) is 0 Å². The van der Waals surface area contributed by atoms with Crippen molar-refractivity contribution in [2.45, 2.75) is 12.8 Å². The average Bonchev–Trinajstić information content (AvgIpc) is 1.69. The normalized spacial score (nSPS) is 9.43. The third-order valence-electron chi connectivity index (χ3n) is 0.775. The van der Waals surface area contributed by atoms with Crippen LogP contribution in [0.1, 0.15) is 12.8 Å². The van der Waals surface area contributed by atoms with E-state index in [-0.39, 0.29) is 0 Å². The van der Waals surface area contributed by atoms with Crippen molar-refractivity contribution in [2.24, 2.45) is 11.6 Å². The number of hydrogen-bond acceptors (Lipinski definition) is 3. The lowest BCUT2D eigenvalue weighted by molar-refractivity contribution is 0.651. The van der Waals surface area contributed by atoms with Gasteiger partial charge in [-0.05, 0) is 19.4 Å². The van der Waals surface area contributed by atoms with Gasteiger partial charge in [-0.15, -0.1) is 0 Å². The van der Waals surface area contributed by atoms with Gasteiger partial charge in [0.1, 0.15) is 0 Å². The fourth-order valence-electron chi connectivity index (χ4n) is 0.371. The molecule has 0 rings (SSSR count). The Labute approximate surface area is 44.0 Å². The predicted molar refractivity (Wildman–Crippen MR) is 30.5 cm³/mol. The summed E-state index contributed by atoms with van der Waals surface area (Å²) in [5.74, 6) is 4.98. The zero-order chi connectivity index (χ0) is 5.54. The summed E-state index contributed by atoms with van der Waals surface area (Å²) in [5.41, 5.74) is 7.75. The molecule has 0 spiro atoms. The van der Waals surface area contributed by atoms with Gasteiger partial charge in [-0.1, -0.05) is 0 Å². The SMILES string of the molecule is NCCCCNN. The van der Waals surface area contributed by atoms with E-state index in [2.05, 4.69) is 5.43 Å². The minimum absolute atomic E-state index is 0.766. The van der Waals surface area contributed by atoms with E-state index in [1.807, 2.05) is 0 Å². The van der Waals surface area contributed by atoms with Crippen molar-refractivity contribution in [3.8, 4) is 0 Å². The van der Waals surface area contributed by atoms with Crippen LogP contribution in [0.25, 0.3) is 0 Å². The van der Waals surface area contributed by atoms with Crippen molar-refractivity contribution in [2.75, 3.05) is 13.1 Å². The largest absolute Gasteiger partial charge is 0.330 e. The number of hydrogen-bond donors (Lipinski definition) is 3. The summed E-state index contributed by atoms with van der Waals surface area (Å²) >= 11 is 0. The van der Waals surface area contributed by atoms with Gasteiger partial charge in [0, 0.05) is 6.54 Å². The molecule has 0 heterocycles. The summed E-state index contributed by atoms with van der Waals surface area (Å²) in [6, 6.07) is 0. The van der Waals surface area contributed by atoms with Crippen molar-refractivity contribution in [1.29, 1.82) is 0 Å². The Bertz CT molecular complexity index is 26.1. The molecule has 0 saturated carbocycles. The van der Waals surface area contributed by atoms with Gasteiger partial charge < -0.3 is 5.73 Å². The van der Waals surface area contributed by atoms with Crippen LogP contribution in [0.2, 0.25) is 0 Å². The van der Waals surface area contributed by atoms with Crippen molar-refractivity contribution >= 4 is 0 Å². The van der Waals surface area contributed by atoms with Crippen molar-refractivity contribution in [3.05, 3.63) is 0 Å². The van der Waals surface area contributed by atoms with Crippen LogP contribution in [0.3, 0.4) is 0 Å². The number of nitrogens with two attached hydrogens (primary N) is 2. The minimum Gasteiger partial charge on any atom is -0.330 e. The highest BCUT2D eigenvalue weighted by Gasteiger charge is 1.79. The molecule has 0 amide bonds. The molecule has 0 radical (unpaired) electrons. The summed E-state index contributed by atoms with van der Waals surface area (Å²) in [6.07, 6.45) is 2.14. The van der Waals surface area contributed by atoms with Crippen molar-refractivity contribution in [1.82, 2.24) is 5.43 Å². The zero-order valence-electron chi connectivity index (χ0n) is 4.48. The lowest BCUT2D eigenvalue weighted by Gasteiger charge is -1.93. The molecule has 5 N–H and O–H groups in total. The highest BCUT2D eigenvalue weighted by atomic mass is 15.2. The van der Waals surface area contributed by atoms with E-state index in [4.69, 9.17) is 11.6 Å². The quantitative estimate of drug-likeness (QED) is 0.248. The van der Waals surface area contributed by atoms with Crippen LogP contribution in [-0.4, -0.2) is 13.1 Å². The number of rotatable bonds is 4. The van der Waals surface area contributed by atoms with E-state index >= 15 is 0 Å². The second-order valence-corrected chi connectivity index (χ2v) is 1.45. The standard InChI is InChI=1S/C4H13N3/c5-3-1-2-4-7-6/h7H,1-6H2. The molecule has 0 aliphatic carbocycles. The third kappa shape index (κ3) is 5.88. The van der Waals surface area contributed by atoms with Crippen LogP contribution in [0.5, 0.6) is 0 Å². The first-order valence-corrected chi connectivity index (χ1v) is 2.55. The summed E-state index contributed by atoms with van der Waals surface area (Å²) in [4.78, 5) is 0. The van der Waals surface area contributed by atoms with Crippen LogP contribution in [0.15, 0.2) is 0 Å². The molecule has 0 aliphatic rings. The highest BCUT2D eigenvalue weighted by Crippen LogP contribution is 1.78. The van der Waals surface area contributed by atoms with E-state index < -0.39 is 0 Å². The molecule has 0 unspecified atom stereocenters. The minimum atomic E-state index is 0.766. The molecule has 7 heavy (non-hydrogen) atoms. The molecular formula is C4H13N3. The number of unbranched alkanes of at least 4 members (excludes halogenated alkanes) is 1. The Morgan fingerprint density at radius 2 is 2.00 bits per heavy atom. The molecule has 0 aromatic heterocycles. The Hall–Kier alpha value is -0.120. The fraction of sp³-hybridized carbons (Fsp3) is 1.00. The second-order valence-electron chi connectivity index (χ2n) is 1.45. The summed E-state index contributed by atoms with van der Waals surface area (Å²) in [7, 11) is 0. The van der Waals surface area contributed by atoms with Crippen LogP contribution < -0.4 is 17.0 Å². The second kappa shape index (κ2) is 5.88. The first kappa shape index (κ1) is 6.88. The molecular weight excluding hydrogens is 90.1 g/mol. The van der Waals surface area contributed by atoms with Crippen LogP contribution >= 0.6 is 0 Å². The third-order valence-corrected chi connectivity index (χ3v) is 0.775. The maximum atomic E-state index is 5.20. The molecule has 3 heteroatoms. The fourth-order valence-corrected chi connectivity index (χ4v) is 0.371. The summed E-state index contributed by atoms with van der Waals surface area (Å²) < 4.78 is 0. The van der Waals surface area contributed by atoms with E-state index in [1.165, 1.54) is 0 Å². The highest BCUT2D eigenvalue weighted by molar-refractivity contribution is 4.40. The molecule has 0 aliphatic heterocycles.